The minimum absolute atomic E-state index is 0.155. The van der Waals surface area contributed by atoms with E-state index in [0.717, 1.165) is 4.90 Å². The van der Waals surface area contributed by atoms with Gasteiger partial charge in [-0.05, 0) is 30.3 Å². The number of rotatable bonds is 6. The molecule has 0 heterocycles. The lowest BCUT2D eigenvalue weighted by atomic mass is 10.1. The molecule has 3 amide bonds. The van der Waals surface area contributed by atoms with Crippen molar-refractivity contribution in [1.29, 1.82) is 0 Å². The summed E-state index contributed by atoms with van der Waals surface area (Å²) in [6, 6.07) is 13.8. The first-order valence-electron chi connectivity index (χ1n) is 7.15. The highest BCUT2D eigenvalue weighted by Gasteiger charge is 2.10. The zero-order valence-electron chi connectivity index (χ0n) is 13.0. The van der Waals surface area contributed by atoms with Crippen molar-refractivity contribution in [1.82, 2.24) is 0 Å². The molecule has 0 unspecified atom stereocenters. The Morgan fingerprint density at radius 3 is 2.50 bits per heavy atom. The molecule has 0 radical (unpaired) electrons. The van der Waals surface area contributed by atoms with Crippen molar-refractivity contribution in [2.45, 2.75) is 11.8 Å². The summed E-state index contributed by atoms with van der Waals surface area (Å²) >= 11 is 1.32. The molecule has 6 nitrogen and oxygen atoms in total. The molecule has 124 valence electrons. The van der Waals surface area contributed by atoms with Crippen molar-refractivity contribution < 1.29 is 14.4 Å². The standard InChI is InChI=1S/C17H17N3O3S/c1-11(21)19-12-5-4-6-13(9-12)24-10-16(22)20-15-8-3-2-7-14(15)17(18)23/h2-9H,10H2,1H3,(H2,18,23)(H,19,21)(H,20,22). The number of para-hydroxylation sites is 1. The van der Waals surface area contributed by atoms with Crippen LogP contribution in [0.2, 0.25) is 0 Å². The van der Waals surface area contributed by atoms with Crippen LogP contribution in [0.5, 0.6) is 0 Å². The summed E-state index contributed by atoms with van der Waals surface area (Å²) in [7, 11) is 0. The molecular formula is C17H17N3O3S. The Morgan fingerprint density at radius 1 is 1.04 bits per heavy atom. The molecule has 2 aromatic rings. The number of primary amides is 1. The molecule has 0 fully saturated rings. The maximum absolute atomic E-state index is 12.1. The number of amides is 3. The molecule has 0 bridgehead atoms. The Hall–Kier alpha value is -2.80. The lowest BCUT2D eigenvalue weighted by Crippen LogP contribution is -2.19. The van der Waals surface area contributed by atoms with Crippen molar-refractivity contribution in [3.8, 4) is 0 Å². The van der Waals surface area contributed by atoms with Crippen LogP contribution in [-0.4, -0.2) is 23.5 Å². The van der Waals surface area contributed by atoms with Crippen LogP contribution in [0.3, 0.4) is 0 Å². The average Bonchev–Trinajstić information content (AvgIpc) is 2.53. The summed E-state index contributed by atoms with van der Waals surface area (Å²) in [4.78, 5) is 35.3. The van der Waals surface area contributed by atoms with E-state index in [-0.39, 0.29) is 23.1 Å². The van der Waals surface area contributed by atoms with Gasteiger partial charge in [-0.3, -0.25) is 14.4 Å². The Morgan fingerprint density at radius 2 is 1.79 bits per heavy atom. The van der Waals surface area contributed by atoms with E-state index in [1.54, 1.807) is 42.5 Å². The molecule has 0 aromatic heterocycles. The van der Waals surface area contributed by atoms with Gasteiger partial charge in [-0.1, -0.05) is 18.2 Å². The molecule has 0 spiro atoms. The highest BCUT2D eigenvalue weighted by molar-refractivity contribution is 8.00. The maximum atomic E-state index is 12.1. The summed E-state index contributed by atoms with van der Waals surface area (Å²) in [5, 5.41) is 5.37. The maximum Gasteiger partial charge on any atom is 0.250 e. The number of nitrogens with one attached hydrogen (secondary N) is 2. The Labute approximate surface area is 143 Å². The van der Waals surface area contributed by atoms with E-state index in [1.807, 2.05) is 6.07 Å². The van der Waals surface area contributed by atoms with E-state index in [9.17, 15) is 14.4 Å². The Balaban J connectivity index is 1.97. The topological polar surface area (TPSA) is 101 Å². The minimum atomic E-state index is -0.596. The molecular weight excluding hydrogens is 326 g/mol. The van der Waals surface area contributed by atoms with Crippen molar-refractivity contribution in [3.63, 3.8) is 0 Å². The molecule has 0 saturated carbocycles. The number of hydrogen-bond acceptors (Lipinski definition) is 4. The normalized spacial score (nSPS) is 10.0. The molecule has 0 saturated heterocycles. The summed E-state index contributed by atoms with van der Waals surface area (Å²) in [5.41, 5.74) is 6.61. The fourth-order valence-corrected chi connectivity index (χ4v) is 2.76. The van der Waals surface area contributed by atoms with Gasteiger partial charge in [0.25, 0.3) is 5.91 Å². The first kappa shape index (κ1) is 17.6. The number of thioether (sulfide) groups is 1. The molecule has 7 heteroatoms. The molecule has 0 atom stereocenters. The molecule has 0 aliphatic carbocycles. The van der Waals surface area contributed by atoms with Crippen LogP contribution in [0.25, 0.3) is 0 Å². The van der Waals surface area contributed by atoms with Gasteiger partial charge in [-0.2, -0.15) is 0 Å². The van der Waals surface area contributed by atoms with Crippen molar-refractivity contribution in [3.05, 3.63) is 54.1 Å². The number of hydrogen-bond donors (Lipinski definition) is 3. The zero-order valence-corrected chi connectivity index (χ0v) is 13.9. The average molecular weight is 343 g/mol. The van der Waals surface area contributed by atoms with E-state index >= 15 is 0 Å². The van der Waals surface area contributed by atoms with Crippen LogP contribution >= 0.6 is 11.8 Å². The highest BCUT2D eigenvalue weighted by atomic mass is 32.2. The van der Waals surface area contributed by atoms with Crippen LogP contribution in [0.15, 0.2) is 53.4 Å². The van der Waals surface area contributed by atoms with E-state index in [4.69, 9.17) is 5.73 Å². The fraction of sp³-hybridized carbons (Fsp3) is 0.118. The summed E-state index contributed by atoms with van der Waals surface area (Å²) in [5.74, 6) is -0.838. The van der Waals surface area contributed by atoms with Crippen LogP contribution in [0, 0.1) is 0 Å². The molecule has 0 aliphatic heterocycles. The predicted molar refractivity (Wildman–Crippen MR) is 95.1 cm³/mol. The van der Waals surface area contributed by atoms with Gasteiger partial charge >= 0.3 is 0 Å². The molecule has 2 aromatic carbocycles. The van der Waals surface area contributed by atoms with Crippen LogP contribution in [0.4, 0.5) is 11.4 Å². The third-order valence-corrected chi connectivity index (χ3v) is 3.98. The summed E-state index contributed by atoms with van der Waals surface area (Å²) in [6.07, 6.45) is 0. The van der Waals surface area contributed by atoms with E-state index < -0.39 is 5.91 Å². The highest BCUT2D eigenvalue weighted by Crippen LogP contribution is 2.22. The molecule has 24 heavy (non-hydrogen) atoms. The summed E-state index contributed by atoms with van der Waals surface area (Å²) in [6.45, 7) is 1.43. The number of nitrogens with two attached hydrogens (primary N) is 1. The number of carbonyl (C=O) groups excluding carboxylic acids is 3. The first-order valence-corrected chi connectivity index (χ1v) is 8.13. The second kappa shape index (κ2) is 8.16. The molecule has 0 aliphatic rings. The monoisotopic (exact) mass is 343 g/mol. The molecule has 4 N–H and O–H groups in total. The first-order chi connectivity index (χ1) is 11.5. The SMILES string of the molecule is CC(=O)Nc1cccc(SCC(=O)Nc2ccccc2C(N)=O)c1. The second-order valence-corrected chi connectivity index (χ2v) is 6.00. The van der Waals surface area contributed by atoms with E-state index in [2.05, 4.69) is 10.6 Å². The predicted octanol–water partition coefficient (Wildman–Crippen LogP) is 2.47. The van der Waals surface area contributed by atoms with Crippen molar-refractivity contribution >= 4 is 40.9 Å². The van der Waals surface area contributed by atoms with Crippen molar-refractivity contribution in [2.75, 3.05) is 16.4 Å². The largest absolute Gasteiger partial charge is 0.366 e. The lowest BCUT2D eigenvalue weighted by molar-refractivity contribution is -0.114. The Kier molecular flexibility index (Phi) is 5.97. The van der Waals surface area contributed by atoms with Gasteiger partial charge in [-0.25, -0.2) is 0 Å². The number of benzene rings is 2. The number of anilines is 2. The summed E-state index contributed by atoms with van der Waals surface area (Å²) < 4.78 is 0. The third-order valence-electron chi connectivity index (χ3n) is 2.99. The van der Waals surface area contributed by atoms with Gasteiger partial charge in [-0.15, -0.1) is 11.8 Å². The van der Waals surface area contributed by atoms with Gasteiger partial charge in [0.2, 0.25) is 11.8 Å². The van der Waals surface area contributed by atoms with Gasteiger partial charge < -0.3 is 16.4 Å². The quantitative estimate of drug-likeness (QED) is 0.701. The second-order valence-electron chi connectivity index (χ2n) is 4.96. The van der Waals surface area contributed by atoms with Gasteiger partial charge in [0, 0.05) is 17.5 Å². The van der Waals surface area contributed by atoms with Gasteiger partial charge in [0.1, 0.15) is 0 Å². The lowest BCUT2D eigenvalue weighted by Gasteiger charge is -2.09. The Bertz CT molecular complexity index is 777. The molecule has 2 rings (SSSR count). The van der Waals surface area contributed by atoms with Crippen LogP contribution in [0.1, 0.15) is 17.3 Å². The number of carbonyl (C=O) groups is 3. The zero-order chi connectivity index (χ0) is 17.5. The van der Waals surface area contributed by atoms with Gasteiger partial charge in [0.05, 0.1) is 17.0 Å². The fourth-order valence-electron chi connectivity index (χ4n) is 2.01. The van der Waals surface area contributed by atoms with Crippen molar-refractivity contribution in [2.24, 2.45) is 5.73 Å². The minimum Gasteiger partial charge on any atom is -0.366 e. The smallest absolute Gasteiger partial charge is 0.250 e. The van der Waals surface area contributed by atoms with E-state index in [1.165, 1.54) is 18.7 Å². The van der Waals surface area contributed by atoms with Crippen LogP contribution < -0.4 is 16.4 Å². The third kappa shape index (κ3) is 5.13. The van der Waals surface area contributed by atoms with Crippen LogP contribution in [-0.2, 0) is 9.59 Å². The van der Waals surface area contributed by atoms with E-state index in [0.29, 0.717) is 11.4 Å². The van der Waals surface area contributed by atoms with Gasteiger partial charge in [0.15, 0.2) is 0 Å².